The molecule has 0 atom stereocenters. The SMILES string of the molecule is CCCc1ccc(Oc2cc(N)nc(C)n2)cc1. The first kappa shape index (κ1) is 12.4. The topological polar surface area (TPSA) is 61.0 Å². The minimum absolute atomic E-state index is 0.417. The molecule has 0 aliphatic carbocycles. The molecule has 0 unspecified atom stereocenters. The van der Waals surface area contributed by atoms with E-state index in [1.54, 1.807) is 13.0 Å². The van der Waals surface area contributed by atoms with Crippen LogP contribution in [-0.2, 0) is 6.42 Å². The quantitative estimate of drug-likeness (QED) is 0.896. The molecular weight excluding hydrogens is 226 g/mol. The highest BCUT2D eigenvalue weighted by molar-refractivity contribution is 5.36. The number of nitrogens with two attached hydrogens (primary N) is 1. The van der Waals surface area contributed by atoms with Gasteiger partial charge in [-0.2, -0.15) is 4.98 Å². The number of aromatic nitrogens is 2. The summed E-state index contributed by atoms with van der Waals surface area (Å²) < 4.78 is 5.64. The van der Waals surface area contributed by atoms with Crippen molar-refractivity contribution in [1.82, 2.24) is 9.97 Å². The second-order valence-corrected chi connectivity index (χ2v) is 4.17. The summed E-state index contributed by atoms with van der Waals surface area (Å²) >= 11 is 0. The van der Waals surface area contributed by atoms with Gasteiger partial charge in [-0.05, 0) is 31.0 Å². The van der Waals surface area contributed by atoms with Crippen molar-refractivity contribution in [2.75, 3.05) is 5.73 Å². The summed E-state index contributed by atoms with van der Waals surface area (Å²) in [5, 5.41) is 0. The molecule has 0 saturated heterocycles. The van der Waals surface area contributed by atoms with Gasteiger partial charge in [0.2, 0.25) is 5.88 Å². The maximum Gasteiger partial charge on any atom is 0.224 e. The zero-order valence-corrected chi connectivity index (χ0v) is 10.7. The van der Waals surface area contributed by atoms with Crippen molar-refractivity contribution in [3.8, 4) is 11.6 Å². The smallest absolute Gasteiger partial charge is 0.224 e. The van der Waals surface area contributed by atoms with Gasteiger partial charge in [-0.25, -0.2) is 4.98 Å². The molecule has 0 aliphatic heterocycles. The molecule has 0 saturated carbocycles. The number of aryl methyl sites for hydroxylation is 2. The number of nitrogen functional groups attached to an aromatic ring is 1. The van der Waals surface area contributed by atoms with E-state index in [1.807, 2.05) is 12.1 Å². The van der Waals surface area contributed by atoms with Crippen molar-refractivity contribution >= 4 is 5.82 Å². The van der Waals surface area contributed by atoms with Gasteiger partial charge in [0.1, 0.15) is 17.4 Å². The van der Waals surface area contributed by atoms with E-state index in [1.165, 1.54) is 5.56 Å². The van der Waals surface area contributed by atoms with E-state index in [4.69, 9.17) is 10.5 Å². The summed E-state index contributed by atoms with van der Waals surface area (Å²) in [6.45, 7) is 3.95. The number of benzene rings is 1. The highest BCUT2D eigenvalue weighted by Gasteiger charge is 2.02. The summed E-state index contributed by atoms with van der Waals surface area (Å²) in [6, 6.07) is 9.64. The van der Waals surface area contributed by atoms with Gasteiger partial charge in [-0.3, -0.25) is 0 Å². The van der Waals surface area contributed by atoms with Gasteiger partial charge in [0, 0.05) is 6.07 Å². The maximum atomic E-state index is 5.65. The fourth-order valence-electron chi connectivity index (χ4n) is 1.75. The van der Waals surface area contributed by atoms with E-state index >= 15 is 0 Å². The van der Waals surface area contributed by atoms with Crippen LogP contribution in [0.15, 0.2) is 30.3 Å². The van der Waals surface area contributed by atoms with Crippen LogP contribution in [-0.4, -0.2) is 9.97 Å². The van der Waals surface area contributed by atoms with Crippen LogP contribution < -0.4 is 10.5 Å². The number of nitrogens with zero attached hydrogens (tertiary/aromatic N) is 2. The summed E-state index contributed by atoms with van der Waals surface area (Å²) in [6.07, 6.45) is 2.22. The van der Waals surface area contributed by atoms with Crippen molar-refractivity contribution < 1.29 is 4.74 Å². The number of anilines is 1. The largest absolute Gasteiger partial charge is 0.439 e. The first-order valence-corrected chi connectivity index (χ1v) is 6.05. The van der Waals surface area contributed by atoms with Crippen molar-refractivity contribution in [3.05, 3.63) is 41.7 Å². The van der Waals surface area contributed by atoms with Crippen LogP contribution >= 0.6 is 0 Å². The van der Waals surface area contributed by atoms with E-state index in [-0.39, 0.29) is 0 Å². The van der Waals surface area contributed by atoms with Crippen LogP contribution in [0, 0.1) is 6.92 Å². The molecule has 1 heterocycles. The van der Waals surface area contributed by atoms with Crippen LogP contribution in [0.2, 0.25) is 0 Å². The molecular formula is C14H17N3O. The Bertz CT molecular complexity index is 503. The number of hydrogen-bond acceptors (Lipinski definition) is 4. The molecule has 1 aromatic heterocycles. The molecule has 0 radical (unpaired) electrons. The monoisotopic (exact) mass is 243 g/mol. The molecule has 1 aromatic carbocycles. The Hall–Kier alpha value is -2.10. The predicted molar refractivity (Wildman–Crippen MR) is 71.7 cm³/mol. The van der Waals surface area contributed by atoms with Crippen molar-refractivity contribution in [1.29, 1.82) is 0 Å². The molecule has 4 nitrogen and oxygen atoms in total. The highest BCUT2D eigenvalue weighted by Crippen LogP contribution is 2.21. The Labute approximate surface area is 107 Å². The minimum atomic E-state index is 0.417. The number of rotatable bonds is 4. The van der Waals surface area contributed by atoms with Crippen LogP contribution in [0.4, 0.5) is 5.82 Å². The molecule has 0 fully saturated rings. The average molecular weight is 243 g/mol. The molecule has 2 N–H and O–H groups in total. The molecule has 2 rings (SSSR count). The first-order chi connectivity index (χ1) is 8.67. The van der Waals surface area contributed by atoms with Gasteiger partial charge in [0.15, 0.2) is 0 Å². The third-order valence-electron chi connectivity index (χ3n) is 2.52. The van der Waals surface area contributed by atoms with E-state index in [0.717, 1.165) is 18.6 Å². The fourth-order valence-corrected chi connectivity index (χ4v) is 1.75. The van der Waals surface area contributed by atoms with Crippen LogP contribution in [0.1, 0.15) is 24.7 Å². The number of hydrogen-bond donors (Lipinski definition) is 1. The summed E-state index contributed by atoms with van der Waals surface area (Å²) in [7, 11) is 0. The van der Waals surface area contributed by atoms with E-state index in [0.29, 0.717) is 17.5 Å². The Kier molecular flexibility index (Phi) is 3.77. The standard InChI is InChI=1S/C14H17N3O/c1-3-4-11-5-7-12(8-6-11)18-14-9-13(15)16-10(2)17-14/h5-9H,3-4H2,1-2H3,(H2,15,16,17). The van der Waals surface area contributed by atoms with E-state index in [2.05, 4.69) is 29.0 Å². The third-order valence-corrected chi connectivity index (χ3v) is 2.52. The van der Waals surface area contributed by atoms with Gasteiger partial charge in [-0.1, -0.05) is 25.5 Å². The normalized spacial score (nSPS) is 10.3. The lowest BCUT2D eigenvalue weighted by atomic mass is 10.1. The van der Waals surface area contributed by atoms with Gasteiger partial charge < -0.3 is 10.5 Å². The summed E-state index contributed by atoms with van der Waals surface area (Å²) in [5.41, 5.74) is 6.95. The Morgan fingerprint density at radius 1 is 1.17 bits per heavy atom. The van der Waals surface area contributed by atoms with Crippen LogP contribution in [0.5, 0.6) is 11.6 Å². The molecule has 2 aromatic rings. The van der Waals surface area contributed by atoms with Crippen molar-refractivity contribution in [2.24, 2.45) is 0 Å². The van der Waals surface area contributed by atoms with Gasteiger partial charge in [0.25, 0.3) is 0 Å². The van der Waals surface area contributed by atoms with E-state index < -0.39 is 0 Å². The maximum absolute atomic E-state index is 5.65. The number of ether oxygens (including phenoxy) is 1. The lowest BCUT2D eigenvalue weighted by Gasteiger charge is -2.06. The molecule has 94 valence electrons. The molecule has 4 heteroatoms. The zero-order valence-electron chi connectivity index (χ0n) is 10.7. The minimum Gasteiger partial charge on any atom is -0.439 e. The molecule has 0 aliphatic rings. The Balaban J connectivity index is 2.13. The predicted octanol–water partition coefficient (Wildman–Crippen LogP) is 3.11. The molecule has 0 spiro atoms. The summed E-state index contributed by atoms with van der Waals surface area (Å²) in [4.78, 5) is 8.18. The molecule has 0 bridgehead atoms. The highest BCUT2D eigenvalue weighted by atomic mass is 16.5. The van der Waals surface area contributed by atoms with Crippen molar-refractivity contribution in [3.63, 3.8) is 0 Å². The van der Waals surface area contributed by atoms with Crippen LogP contribution in [0.25, 0.3) is 0 Å². The molecule has 0 amide bonds. The third kappa shape index (κ3) is 3.20. The second kappa shape index (κ2) is 5.49. The van der Waals surface area contributed by atoms with E-state index in [9.17, 15) is 0 Å². The van der Waals surface area contributed by atoms with Crippen molar-refractivity contribution in [2.45, 2.75) is 26.7 Å². The fraction of sp³-hybridized carbons (Fsp3) is 0.286. The zero-order chi connectivity index (χ0) is 13.0. The van der Waals surface area contributed by atoms with Gasteiger partial charge >= 0.3 is 0 Å². The Morgan fingerprint density at radius 3 is 2.50 bits per heavy atom. The van der Waals surface area contributed by atoms with Crippen LogP contribution in [0.3, 0.4) is 0 Å². The molecule has 18 heavy (non-hydrogen) atoms. The lowest BCUT2D eigenvalue weighted by Crippen LogP contribution is -1.97. The lowest BCUT2D eigenvalue weighted by molar-refractivity contribution is 0.460. The second-order valence-electron chi connectivity index (χ2n) is 4.17. The van der Waals surface area contributed by atoms with Gasteiger partial charge in [-0.15, -0.1) is 0 Å². The average Bonchev–Trinajstić information content (AvgIpc) is 2.31. The summed E-state index contributed by atoms with van der Waals surface area (Å²) in [5.74, 6) is 2.25. The Morgan fingerprint density at radius 2 is 1.89 bits per heavy atom. The first-order valence-electron chi connectivity index (χ1n) is 6.05. The van der Waals surface area contributed by atoms with Gasteiger partial charge in [0.05, 0.1) is 0 Å².